The molecule has 3 rings (SSSR count). The zero-order valence-corrected chi connectivity index (χ0v) is 20.3. The van der Waals surface area contributed by atoms with Crippen molar-refractivity contribution in [1.29, 1.82) is 0 Å². The highest BCUT2D eigenvalue weighted by Crippen LogP contribution is 2.47. The fraction of sp³-hybridized carbons (Fsp3) is 0.538. The van der Waals surface area contributed by atoms with E-state index in [4.69, 9.17) is 14.2 Å². The van der Waals surface area contributed by atoms with Crippen LogP contribution in [0.15, 0.2) is 40.7 Å². The quantitative estimate of drug-likeness (QED) is 0.607. The van der Waals surface area contributed by atoms with Gasteiger partial charge in [-0.25, -0.2) is 4.79 Å². The smallest absolute Gasteiger partial charge is 0.336 e. The Morgan fingerprint density at radius 1 is 1.22 bits per heavy atom. The van der Waals surface area contributed by atoms with E-state index in [0.717, 1.165) is 23.4 Å². The van der Waals surface area contributed by atoms with Crippen molar-refractivity contribution >= 4 is 11.8 Å². The van der Waals surface area contributed by atoms with Gasteiger partial charge in [0, 0.05) is 29.3 Å². The van der Waals surface area contributed by atoms with E-state index < -0.39 is 11.9 Å². The van der Waals surface area contributed by atoms with Crippen LogP contribution in [0.1, 0.15) is 65.9 Å². The van der Waals surface area contributed by atoms with E-state index in [1.807, 2.05) is 25.1 Å². The van der Waals surface area contributed by atoms with Crippen LogP contribution in [-0.2, 0) is 14.3 Å². The Kier molecular flexibility index (Phi) is 7.01. The minimum absolute atomic E-state index is 0.0575. The summed E-state index contributed by atoms with van der Waals surface area (Å²) in [6.07, 6.45) is 1.18. The predicted molar refractivity (Wildman–Crippen MR) is 124 cm³/mol. The molecule has 0 aromatic heterocycles. The van der Waals surface area contributed by atoms with Crippen molar-refractivity contribution in [1.82, 2.24) is 5.32 Å². The van der Waals surface area contributed by atoms with E-state index in [9.17, 15) is 9.59 Å². The molecule has 1 N–H and O–H groups in total. The number of ether oxygens (including phenoxy) is 3. The van der Waals surface area contributed by atoms with Crippen LogP contribution in [0.3, 0.4) is 0 Å². The van der Waals surface area contributed by atoms with Gasteiger partial charge in [-0.2, -0.15) is 0 Å². The van der Waals surface area contributed by atoms with Crippen LogP contribution in [0.4, 0.5) is 0 Å². The molecule has 1 aromatic carbocycles. The summed E-state index contributed by atoms with van der Waals surface area (Å²) in [5, 5.41) is 3.35. The predicted octanol–water partition coefficient (Wildman–Crippen LogP) is 4.90. The van der Waals surface area contributed by atoms with Crippen molar-refractivity contribution in [2.24, 2.45) is 11.3 Å². The molecule has 1 aromatic rings. The molecule has 1 heterocycles. The minimum atomic E-state index is -0.512. The molecule has 0 amide bonds. The number of Topliss-reactive ketones (excluding diaryl/α,β-unsaturated/α-hetero) is 1. The molecule has 32 heavy (non-hydrogen) atoms. The minimum Gasteiger partial charge on any atom is -0.493 e. The summed E-state index contributed by atoms with van der Waals surface area (Å²) in [6.45, 7) is 12.8. The number of carbonyl (C=O) groups excluding carboxylic acids is 2. The molecule has 1 aliphatic heterocycles. The Labute approximate surface area is 191 Å². The zero-order valence-electron chi connectivity index (χ0n) is 20.3. The van der Waals surface area contributed by atoms with Gasteiger partial charge in [-0.3, -0.25) is 4.79 Å². The lowest BCUT2D eigenvalue weighted by Gasteiger charge is -2.39. The number of carbonyl (C=O) groups is 2. The number of ketones is 1. The van der Waals surface area contributed by atoms with Crippen LogP contribution in [0, 0.1) is 11.3 Å². The first-order valence-electron chi connectivity index (χ1n) is 11.3. The summed E-state index contributed by atoms with van der Waals surface area (Å²) in [5.41, 5.74) is 3.40. The Morgan fingerprint density at radius 3 is 2.56 bits per heavy atom. The molecule has 0 radical (unpaired) electrons. The van der Waals surface area contributed by atoms with Crippen molar-refractivity contribution in [3.05, 3.63) is 46.3 Å². The van der Waals surface area contributed by atoms with Gasteiger partial charge >= 0.3 is 5.97 Å². The number of nitrogens with one attached hydrogen (secondary N) is 1. The highest BCUT2D eigenvalue weighted by atomic mass is 16.5. The molecular weight excluding hydrogens is 406 g/mol. The second-order valence-electron chi connectivity index (χ2n) is 9.77. The molecule has 174 valence electrons. The summed E-state index contributed by atoms with van der Waals surface area (Å²) < 4.78 is 16.9. The van der Waals surface area contributed by atoms with E-state index in [2.05, 4.69) is 33.0 Å². The number of hydrogen-bond acceptors (Lipinski definition) is 6. The Balaban J connectivity index is 2.13. The maximum absolute atomic E-state index is 13.3. The lowest BCUT2D eigenvalue weighted by atomic mass is 9.68. The zero-order chi connectivity index (χ0) is 23.6. The molecule has 2 aliphatic rings. The Morgan fingerprint density at radius 2 is 1.94 bits per heavy atom. The highest BCUT2D eigenvalue weighted by molar-refractivity contribution is 6.04. The molecule has 1 unspecified atom stereocenters. The van der Waals surface area contributed by atoms with E-state index in [1.54, 1.807) is 14.0 Å². The average Bonchev–Trinajstić information content (AvgIpc) is 2.70. The average molecular weight is 442 g/mol. The standard InChI is InChI=1S/C26H35NO5/c1-8-31-25(29)22-16(4)27-18-12-26(5,6)13-19(28)24(18)23(22)17-9-10-20(21(11-17)30-7)32-14-15(2)3/h9-11,15,23,27H,8,12-14H2,1-7H3. The SMILES string of the molecule is CCOC(=O)C1=C(C)NC2=C(C(=O)CC(C)(C)C2)C1c1ccc(OCC(C)C)c(OC)c1. The number of benzene rings is 1. The van der Waals surface area contributed by atoms with Crippen LogP contribution in [-0.4, -0.2) is 32.1 Å². The largest absolute Gasteiger partial charge is 0.493 e. The van der Waals surface area contributed by atoms with Crippen LogP contribution in [0.25, 0.3) is 0 Å². The topological polar surface area (TPSA) is 73.9 Å². The van der Waals surface area contributed by atoms with Gasteiger partial charge in [0.25, 0.3) is 0 Å². The summed E-state index contributed by atoms with van der Waals surface area (Å²) in [7, 11) is 1.59. The molecule has 0 saturated heterocycles. The van der Waals surface area contributed by atoms with Crippen molar-refractivity contribution in [3.8, 4) is 11.5 Å². The second kappa shape index (κ2) is 9.39. The number of esters is 1. The highest BCUT2D eigenvalue weighted by Gasteiger charge is 2.43. The maximum Gasteiger partial charge on any atom is 0.336 e. The van der Waals surface area contributed by atoms with Gasteiger partial charge in [-0.1, -0.05) is 33.8 Å². The fourth-order valence-corrected chi connectivity index (χ4v) is 4.49. The Bertz CT molecular complexity index is 970. The fourth-order valence-electron chi connectivity index (χ4n) is 4.49. The first kappa shape index (κ1) is 23.9. The first-order valence-corrected chi connectivity index (χ1v) is 11.3. The summed E-state index contributed by atoms with van der Waals surface area (Å²) in [6, 6.07) is 5.64. The van der Waals surface area contributed by atoms with Gasteiger partial charge < -0.3 is 19.5 Å². The number of methoxy groups -OCH3 is 1. The molecule has 6 nitrogen and oxygen atoms in total. The lowest BCUT2D eigenvalue weighted by molar-refractivity contribution is -0.138. The Hall–Kier alpha value is -2.76. The van der Waals surface area contributed by atoms with Crippen molar-refractivity contribution in [2.45, 2.75) is 60.3 Å². The van der Waals surface area contributed by atoms with Gasteiger partial charge in [-0.15, -0.1) is 0 Å². The molecule has 0 spiro atoms. The number of dihydropyridines is 1. The van der Waals surface area contributed by atoms with Crippen molar-refractivity contribution in [3.63, 3.8) is 0 Å². The van der Waals surface area contributed by atoms with Gasteiger partial charge in [0.1, 0.15) is 0 Å². The molecule has 1 atom stereocenters. The third-order valence-electron chi connectivity index (χ3n) is 5.83. The molecule has 0 bridgehead atoms. The normalized spacial score (nSPS) is 20.1. The van der Waals surface area contributed by atoms with Crippen LogP contribution in [0.2, 0.25) is 0 Å². The first-order chi connectivity index (χ1) is 15.1. The second-order valence-corrected chi connectivity index (χ2v) is 9.77. The van der Waals surface area contributed by atoms with Crippen molar-refractivity contribution < 1.29 is 23.8 Å². The molecule has 1 aliphatic carbocycles. The molecular formula is C26H35NO5. The third-order valence-corrected chi connectivity index (χ3v) is 5.83. The van der Waals surface area contributed by atoms with Gasteiger partial charge in [-0.05, 0) is 49.3 Å². The third kappa shape index (κ3) is 4.84. The number of rotatable bonds is 7. The van der Waals surface area contributed by atoms with Crippen LogP contribution < -0.4 is 14.8 Å². The van der Waals surface area contributed by atoms with E-state index in [0.29, 0.717) is 41.6 Å². The van der Waals surface area contributed by atoms with E-state index in [-0.39, 0.29) is 17.8 Å². The summed E-state index contributed by atoms with van der Waals surface area (Å²) in [4.78, 5) is 26.3. The van der Waals surface area contributed by atoms with Crippen molar-refractivity contribution in [2.75, 3.05) is 20.3 Å². The maximum atomic E-state index is 13.3. The molecule has 0 saturated carbocycles. The van der Waals surface area contributed by atoms with Gasteiger partial charge in [0.2, 0.25) is 0 Å². The lowest BCUT2D eigenvalue weighted by Crippen LogP contribution is -2.38. The number of allylic oxidation sites excluding steroid dienone is 3. The van der Waals surface area contributed by atoms with E-state index >= 15 is 0 Å². The van der Waals surface area contributed by atoms with Crippen LogP contribution >= 0.6 is 0 Å². The van der Waals surface area contributed by atoms with Crippen LogP contribution in [0.5, 0.6) is 11.5 Å². The van der Waals surface area contributed by atoms with Gasteiger partial charge in [0.15, 0.2) is 17.3 Å². The monoisotopic (exact) mass is 441 g/mol. The molecule has 6 heteroatoms. The summed E-state index contributed by atoms with van der Waals surface area (Å²) in [5.74, 6) is 0.728. The van der Waals surface area contributed by atoms with Gasteiger partial charge in [0.05, 0.1) is 25.9 Å². The molecule has 0 fully saturated rings. The number of hydrogen-bond donors (Lipinski definition) is 1. The van der Waals surface area contributed by atoms with E-state index in [1.165, 1.54) is 0 Å². The summed E-state index contributed by atoms with van der Waals surface area (Å²) >= 11 is 0.